The monoisotopic (exact) mass is 470 g/mol. The number of nitrogens with one attached hydrogen (secondary N) is 3. The molecule has 0 bridgehead atoms. The van der Waals surface area contributed by atoms with Crippen LogP contribution in [0, 0.1) is 11.3 Å². The Bertz CT molecular complexity index is 1410. The molecule has 176 valence electrons. The topological polar surface area (TPSA) is 144 Å². The van der Waals surface area contributed by atoms with E-state index >= 15 is 0 Å². The van der Waals surface area contributed by atoms with E-state index in [0.717, 1.165) is 24.5 Å². The molecule has 2 aliphatic heterocycles. The van der Waals surface area contributed by atoms with Gasteiger partial charge < -0.3 is 20.4 Å². The van der Waals surface area contributed by atoms with E-state index in [2.05, 4.69) is 41.9 Å². The summed E-state index contributed by atoms with van der Waals surface area (Å²) in [5.41, 5.74) is 1.94. The molecule has 3 amide bonds. The van der Waals surface area contributed by atoms with Crippen molar-refractivity contribution in [2.45, 2.75) is 18.9 Å². The quantitative estimate of drug-likeness (QED) is 0.368. The third kappa shape index (κ3) is 3.97. The second kappa shape index (κ2) is 8.28. The average Bonchev–Trinajstić information content (AvgIpc) is 3.51. The molecule has 2 saturated heterocycles. The largest absolute Gasteiger partial charge is 0.367 e. The van der Waals surface area contributed by atoms with Crippen molar-refractivity contribution in [1.29, 1.82) is 5.26 Å². The van der Waals surface area contributed by atoms with E-state index in [-0.39, 0.29) is 5.70 Å². The van der Waals surface area contributed by atoms with Gasteiger partial charge in [0.1, 0.15) is 29.2 Å². The van der Waals surface area contributed by atoms with Crippen LogP contribution in [0.5, 0.6) is 0 Å². The summed E-state index contributed by atoms with van der Waals surface area (Å²) < 4.78 is 1.73. The van der Waals surface area contributed by atoms with Crippen LogP contribution < -0.4 is 25.8 Å². The number of urea groups is 1. The number of imide groups is 1. The number of hydrogen-bond donors (Lipinski definition) is 3. The van der Waals surface area contributed by atoms with E-state index in [1.807, 2.05) is 6.07 Å². The summed E-state index contributed by atoms with van der Waals surface area (Å²) in [6.07, 6.45) is 7.14. The van der Waals surface area contributed by atoms with Gasteiger partial charge in [-0.2, -0.15) is 14.9 Å². The summed E-state index contributed by atoms with van der Waals surface area (Å²) in [6, 6.07) is 7.62. The third-order valence-electron chi connectivity index (χ3n) is 6.24. The van der Waals surface area contributed by atoms with Gasteiger partial charge in [-0.3, -0.25) is 10.1 Å². The highest BCUT2D eigenvalue weighted by Crippen LogP contribution is 2.29. The molecule has 3 N–H and O–H groups in total. The maximum atomic E-state index is 12.0. The Morgan fingerprint density at radius 1 is 1.14 bits per heavy atom. The highest BCUT2D eigenvalue weighted by molar-refractivity contribution is 6.14. The van der Waals surface area contributed by atoms with Crippen LogP contribution in [0.1, 0.15) is 24.0 Å². The van der Waals surface area contributed by atoms with Gasteiger partial charge in [-0.05, 0) is 31.1 Å². The van der Waals surface area contributed by atoms with Crippen LogP contribution in [0.3, 0.4) is 0 Å². The second-order valence-corrected chi connectivity index (χ2v) is 8.68. The first-order valence-corrected chi connectivity index (χ1v) is 11.4. The molecule has 35 heavy (non-hydrogen) atoms. The summed E-state index contributed by atoms with van der Waals surface area (Å²) in [5.74, 6) is 1.85. The maximum absolute atomic E-state index is 12.0. The van der Waals surface area contributed by atoms with E-state index in [1.165, 1.54) is 0 Å². The van der Waals surface area contributed by atoms with Gasteiger partial charge in [0.15, 0.2) is 5.65 Å². The van der Waals surface area contributed by atoms with Crippen LogP contribution in [-0.2, 0) is 4.79 Å². The SMILES string of the molecule is N#Cc1cccnc1N1CCN(c2cc(NC3CC3)n3ncc(C=C4NC(=O)NC4=O)c3n2)CC1. The number of anilines is 3. The van der Waals surface area contributed by atoms with Crippen molar-refractivity contribution in [3.63, 3.8) is 0 Å². The van der Waals surface area contributed by atoms with Gasteiger partial charge in [0.25, 0.3) is 5.91 Å². The standard InChI is InChI=1S/C23H22N10O2/c24-12-14-2-1-5-25-20(14)32-8-6-31(7-9-32)18-11-19(27-16-3-4-16)33-21(29-18)15(13-26-33)10-17-22(34)30-23(35)28-17/h1-2,5,10-11,13,16,27H,3-4,6-9H2,(H2,28,30,34,35). The Labute approximate surface area is 200 Å². The Morgan fingerprint density at radius 2 is 1.94 bits per heavy atom. The maximum Gasteiger partial charge on any atom is 0.326 e. The van der Waals surface area contributed by atoms with E-state index in [0.29, 0.717) is 54.8 Å². The molecule has 12 heteroatoms. The molecule has 3 aromatic heterocycles. The Hall–Kier alpha value is -4.66. The van der Waals surface area contributed by atoms with Crippen LogP contribution in [-0.4, -0.2) is 63.7 Å². The van der Waals surface area contributed by atoms with Gasteiger partial charge >= 0.3 is 6.03 Å². The van der Waals surface area contributed by atoms with Crippen LogP contribution >= 0.6 is 0 Å². The molecule has 3 fully saturated rings. The van der Waals surface area contributed by atoms with Crippen LogP contribution in [0.25, 0.3) is 11.7 Å². The Morgan fingerprint density at radius 3 is 2.66 bits per heavy atom. The van der Waals surface area contributed by atoms with Gasteiger partial charge in [0, 0.05) is 50.0 Å². The van der Waals surface area contributed by atoms with E-state index in [1.54, 1.807) is 35.1 Å². The van der Waals surface area contributed by atoms with Crippen molar-refractivity contribution in [3.05, 3.63) is 47.4 Å². The number of nitriles is 1. The highest BCUT2D eigenvalue weighted by Gasteiger charge is 2.27. The van der Waals surface area contributed by atoms with Gasteiger partial charge in [0.2, 0.25) is 0 Å². The number of nitrogens with zero attached hydrogens (tertiary/aromatic N) is 7. The summed E-state index contributed by atoms with van der Waals surface area (Å²) in [4.78, 5) is 37.1. The molecule has 0 spiro atoms. The third-order valence-corrected chi connectivity index (χ3v) is 6.24. The molecule has 6 rings (SSSR count). The molecule has 0 atom stereocenters. The lowest BCUT2D eigenvalue weighted by Gasteiger charge is -2.36. The number of carbonyl (C=O) groups excluding carboxylic acids is 2. The Balaban J connectivity index is 1.31. The summed E-state index contributed by atoms with van der Waals surface area (Å²) in [6.45, 7) is 2.81. The molecule has 5 heterocycles. The van der Waals surface area contributed by atoms with Crippen molar-refractivity contribution in [2.75, 3.05) is 41.3 Å². The van der Waals surface area contributed by atoms with E-state index in [4.69, 9.17) is 4.98 Å². The van der Waals surface area contributed by atoms with Crippen molar-refractivity contribution in [3.8, 4) is 6.07 Å². The number of rotatable bonds is 5. The molecule has 0 aromatic carbocycles. The first-order valence-electron chi connectivity index (χ1n) is 11.4. The normalized spacial score (nSPS) is 19.1. The molecule has 0 unspecified atom stereocenters. The van der Waals surface area contributed by atoms with Gasteiger partial charge in [-0.15, -0.1) is 0 Å². The van der Waals surface area contributed by atoms with Gasteiger partial charge in [0.05, 0.1) is 11.8 Å². The predicted molar refractivity (Wildman–Crippen MR) is 128 cm³/mol. The highest BCUT2D eigenvalue weighted by atomic mass is 16.2. The van der Waals surface area contributed by atoms with Crippen molar-refractivity contribution in [1.82, 2.24) is 30.2 Å². The van der Waals surface area contributed by atoms with Crippen LogP contribution in [0.15, 0.2) is 36.3 Å². The molecule has 1 saturated carbocycles. The number of amides is 3. The van der Waals surface area contributed by atoms with E-state index in [9.17, 15) is 14.9 Å². The van der Waals surface area contributed by atoms with Crippen LogP contribution in [0.4, 0.5) is 22.2 Å². The molecular formula is C23H22N10O2. The fourth-order valence-electron chi connectivity index (χ4n) is 4.29. The smallest absolute Gasteiger partial charge is 0.326 e. The molecule has 3 aromatic rings. The fraction of sp³-hybridized carbons (Fsp3) is 0.304. The first kappa shape index (κ1) is 20.9. The number of piperazine rings is 1. The lowest BCUT2D eigenvalue weighted by Crippen LogP contribution is -2.47. The van der Waals surface area contributed by atoms with Gasteiger partial charge in [-0.1, -0.05) is 0 Å². The predicted octanol–water partition coefficient (Wildman–Crippen LogP) is 1.08. The van der Waals surface area contributed by atoms with E-state index < -0.39 is 11.9 Å². The number of hydrogen-bond acceptors (Lipinski definition) is 9. The van der Waals surface area contributed by atoms with Crippen LogP contribution in [0.2, 0.25) is 0 Å². The Kier molecular flexibility index (Phi) is 4.95. The van der Waals surface area contributed by atoms with Crippen molar-refractivity contribution < 1.29 is 9.59 Å². The molecule has 0 radical (unpaired) electrons. The molecule has 12 nitrogen and oxygen atoms in total. The molecular weight excluding hydrogens is 448 g/mol. The van der Waals surface area contributed by atoms with Crippen molar-refractivity contribution >= 4 is 41.1 Å². The zero-order valence-electron chi connectivity index (χ0n) is 18.7. The number of aromatic nitrogens is 4. The van der Waals surface area contributed by atoms with Crippen molar-refractivity contribution in [2.24, 2.45) is 0 Å². The zero-order valence-corrected chi connectivity index (χ0v) is 18.7. The summed E-state index contributed by atoms with van der Waals surface area (Å²) >= 11 is 0. The number of fused-ring (bicyclic) bond motifs is 1. The minimum absolute atomic E-state index is 0.158. The fourth-order valence-corrected chi connectivity index (χ4v) is 4.29. The zero-order chi connectivity index (χ0) is 23.9. The summed E-state index contributed by atoms with van der Waals surface area (Å²) in [7, 11) is 0. The minimum Gasteiger partial charge on any atom is -0.367 e. The molecule has 1 aliphatic carbocycles. The summed E-state index contributed by atoms with van der Waals surface area (Å²) in [5, 5.41) is 22.1. The molecule has 3 aliphatic rings. The minimum atomic E-state index is -0.548. The first-order chi connectivity index (χ1) is 17.1. The number of carbonyl (C=O) groups is 2. The lowest BCUT2D eigenvalue weighted by molar-refractivity contribution is -0.115. The van der Waals surface area contributed by atoms with Gasteiger partial charge in [-0.25, -0.2) is 14.8 Å². The average molecular weight is 470 g/mol. The lowest BCUT2D eigenvalue weighted by atomic mass is 10.2. The number of pyridine rings is 1. The second-order valence-electron chi connectivity index (χ2n) is 8.68.